The van der Waals surface area contributed by atoms with Gasteiger partial charge in [0.2, 0.25) is 0 Å². The molecule has 2 nitrogen and oxygen atoms in total. The monoisotopic (exact) mass is 213 g/mol. The Labute approximate surface area is 87.1 Å². The number of carbonyl (C=O) groups is 1. The van der Waals surface area contributed by atoms with Gasteiger partial charge in [0.25, 0.3) is 0 Å². The Morgan fingerprint density at radius 1 is 1.40 bits per heavy atom. The number of hydrogen-bond donors (Lipinski definition) is 1. The lowest BCUT2D eigenvalue weighted by Gasteiger charge is -2.11. The van der Waals surface area contributed by atoms with Crippen LogP contribution in [-0.2, 0) is 0 Å². The molecule has 0 heterocycles. The van der Waals surface area contributed by atoms with E-state index in [9.17, 15) is 13.6 Å². The van der Waals surface area contributed by atoms with E-state index in [1.54, 1.807) is 6.92 Å². The molecule has 0 aliphatic carbocycles. The van der Waals surface area contributed by atoms with Gasteiger partial charge in [-0.1, -0.05) is 13.0 Å². The van der Waals surface area contributed by atoms with Crippen molar-refractivity contribution in [1.29, 1.82) is 0 Å². The lowest BCUT2D eigenvalue weighted by Crippen LogP contribution is -2.24. The van der Waals surface area contributed by atoms with Gasteiger partial charge >= 0.3 is 0 Å². The first kappa shape index (κ1) is 11.8. The maximum atomic E-state index is 13.2. The molecule has 0 aliphatic heterocycles. The first-order chi connectivity index (χ1) is 7.11. The third kappa shape index (κ3) is 2.39. The standard InChI is InChI=1S/C11H13F2NO/c1-2-7(6-14)11(15)10-8(12)4-3-5-9(10)13/h3-5,7H,2,6,14H2,1H3. The van der Waals surface area contributed by atoms with Gasteiger partial charge in [-0.05, 0) is 18.6 Å². The summed E-state index contributed by atoms with van der Waals surface area (Å²) in [5, 5.41) is 0. The van der Waals surface area contributed by atoms with E-state index >= 15 is 0 Å². The fourth-order valence-corrected chi connectivity index (χ4v) is 1.40. The molecule has 0 amide bonds. The summed E-state index contributed by atoms with van der Waals surface area (Å²) in [6.07, 6.45) is 0.475. The van der Waals surface area contributed by atoms with E-state index in [-0.39, 0.29) is 6.54 Å². The summed E-state index contributed by atoms with van der Waals surface area (Å²) in [7, 11) is 0. The van der Waals surface area contributed by atoms with Crippen LogP contribution in [0.1, 0.15) is 23.7 Å². The van der Waals surface area contributed by atoms with Crippen molar-refractivity contribution in [2.45, 2.75) is 13.3 Å². The van der Waals surface area contributed by atoms with Crippen molar-refractivity contribution in [1.82, 2.24) is 0 Å². The van der Waals surface area contributed by atoms with Gasteiger partial charge in [-0.3, -0.25) is 4.79 Å². The van der Waals surface area contributed by atoms with E-state index < -0.39 is 28.9 Å². The van der Waals surface area contributed by atoms with Crippen molar-refractivity contribution < 1.29 is 13.6 Å². The number of ketones is 1. The largest absolute Gasteiger partial charge is 0.330 e. The molecular formula is C11H13F2NO. The fraction of sp³-hybridized carbons (Fsp3) is 0.364. The maximum absolute atomic E-state index is 13.2. The lowest BCUT2D eigenvalue weighted by atomic mass is 9.95. The Kier molecular flexibility index (Phi) is 3.91. The minimum Gasteiger partial charge on any atom is -0.330 e. The predicted octanol–water partition coefficient (Wildman–Crippen LogP) is 2.13. The lowest BCUT2D eigenvalue weighted by molar-refractivity contribution is 0.0912. The van der Waals surface area contributed by atoms with Crippen LogP contribution in [0.4, 0.5) is 8.78 Å². The van der Waals surface area contributed by atoms with Crippen molar-refractivity contribution in [3.05, 3.63) is 35.4 Å². The highest BCUT2D eigenvalue weighted by Crippen LogP contribution is 2.18. The number of halogens is 2. The van der Waals surface area contributed by atoms with Crippen molar-refractivity contribution in [3.8, 4) is 0 Å². The van der Waals surface area contributed by atoms with E-state index in [0.717, 1.165) is 12.1 Å². The summed E-state index contributed by atoms with van der Waals surface area (Å²) >= 11 is 0. The average Bonchev–Trinajstić information content (AvgIpc) is 2.19. The third-order valence-corrected chi connectivity index (χ3v) is 2.36. The van der Waals surface area contributed by atoms with Crippen LogP contribution in [0.2, 0.25) is 0 Å². The molecule has 15 heavy (non-hydrogen) atoms. The van der Waals surface area contributed by atoms with Gasteiger partial charge < -0.3 is 5.73 Å². The second-order valence-electron chi connectivity index (χ2n) is 3.30. The van der Waals surface area contributed by atoms with Crippen LogP contribution in [0, 0.1) is 17.6 Å². The topological polar surface area (TPSA) is 43.1 Å². The molecule has 1 aromatic rings. The quantitative estimate of drug-likeness (QED) is 0.778. The first-order valence-electron chi connectivity index (χ1n) is 4.80. The van der Waals surface area contributed by atoms with E-state index in [4.69, 9.17) is 5.73 Å². The van der Waals surface area contributed by atoms with E-state index in [1.165, 1.54) is 6.07 Å². The van der Waals surface area contributed by atoms with Gasteiger partial charge in [0.15, 0.2) is 5.78 Å². The molecule has 0 fully saturated rings. The van der Waals surface area contributed by atoms with Crippen LogP contribution in [0.15, 0.2) is 18.2 Å². The average molecular weight is 213 g/mol. The van der Waals surface area contributed by atoms with Crippen LogP contribution in [0.3, 0.4) is 0 Å². The molecule has 2 N–H and O–H groups in total. The normalized spacial score (nSPS) is 12.5. The van der Waals surface area contributed by atoms with Crippen molar-refractivity contribution in [2.24, 2.45) is 11.7 Å². The molecule has 0 saturated carbocycles. The zero-order chi connectivity index (χ0) is 11.4. The van der Waals surface area contributed by atoms with Gasteiger partial charge in [0, 0.05) is 12.5 Å². The molecule has 1 atom stereocenters. The Bertz CT molecular complexity index is 341. The molecule has 0 saturated heterocycles. The minimum absolute atomic E-state index is 0.100. The second kappa shape index (κ2) is 4.98. The molecule has 0 aromatic heterocycles. The highest BCUT2D eigenvalue weighted by Gasteiger charge is 2.23. The predicted molar refractivity (Wildman–Crippen MR) is 53.5 cm³/mol. The van der Waals surface area contributed by atoms with E-state index in [1.807, 2.05) is 0 Å². The Balaban J connectivity index is 3.10. The highest BCUT2D eigenvalue weighted by molar-refractivity contribution is 5.98. The van der Waals surface area contributed by atoms with Gasteiger partial charge in [-0.15, -0.1) is 0 Å². The van der Waals surface area contributed by atoms with Crippen molar-refractivity contribution in [3.63, 3.8) is 0 Å². The van der Waals surface area contributed by atoms with Crippen molar-refractivity contribution in [2.75, 3.05) is 6.54 Å². The first-order valence-corrected chi connectivity index (χ1v) is 4.80. The molecule has 82 valence electrons. The number of benzene rings is 1. The summed E-state index contributed by atoms with van der Waals surface area (Å²) in [4.78, 5) is 11.7. The van der Waals surface area contributed by atoms with E-state index in [2.05, 4.69) is 0 Å². The minimum atomic E-state index is -0.827. The van der Waals surface area contributed by atoms with Crippen LogP contribution in [-0.4, -0.2) is 12.3 Å². The van der Waals surface area contributed by atoms with Crippen LogP contribution >= 0.6 is 0 Å². The zero-order valence-corrected chi connectivity index (χ0v) is 8.47. The molecule has 0 spiro atoms. The van der Waals surface area contributed by atoms with Crippen LogP contribution < -0.4 is 5.73 Å². The van der Waals surface area contributed by atoms with Gasteiger partial charge in [0.05, 0.1) is 5.56 Å². The summed E-state index contributed by atoms with van der Waals surface area (Å²) < 4.78 is 26.5. The van der Waals surface area contributed by atoms with Crippen LogP contribution in [0.25, 0.3) is 0 Å². The van der Waals surface area contributed by atoms with Gasteiger partial charge in [-0.25, -0.2) is 8.78 Å². The Morgan fingerprint density at radius 2 is 1.93 bits per heavy atom. The molecule has 4 heteroatoms. The zero-order valence-electron chi connectivity index (χ0n) is 8.47. The number of rotatable bonds is 4. The molecule has 0 aliphatic rings. The fourth-order valence-electron chi connectivity index (χ4n) is 1.40. The molecule has 1 aromatic carbocycles. The Hall–Kier alpha value is -1.29. The summed E-state index contributed by atoms with van der Waals surface area (Å²) in [5.74, 6) is -2.73. The molecule has 1 unspecified atom stereocenters. The number of nitrogens with two attached hydrogens (primary N) is 1. The number of Topliss-reactive ketones (excluding diaryl/α,β-unsaturated/α-hetero) is 1. The summed E-state index contributed by atoms with van der Waals surface area (Å²) in [6, 6.07) is 3.37. The van der Waals surface area contributed by atoms with Gasteiger partial charge in [0.1, 0.15) is 11.6 Å². The Morgan fingerprint density at radius 3 is 2.33 bits per heavy atom. The molecular weight excluding hydrogens is 200 g/mol. The summed E-state index contributed by atoms with van der Waals surface area (Å²) in [6.45, 7) is 1.86. The molecule has 1 rings (SSSR count). The molecule has 0 radical (unpaired) electrons. The summed E-state index contributed by atoms with van der Waals surface area (Å²) in [5.41, 5.74) is 4.88. The number of hydrogen-bond acceptors (Lipinski definition) is 2. The number of carbonyl (C=O) groups excluding carboxylic acids is 1. The second-order valence-corrected chi connectivity index (χ2v) is 3.30. The maximum Gasteiger partial charge on any atom is 0.173 e. The molecule has 0 bridgehead atoms. The van der Waals surface area contributed by atoms with Crippen molar-refractivity contribution >= 4 is 5.78 Å². The highest BCUT2D eigenvalue weighted by atomic mass is 19.1. The van der Waals surface area contributed by atoms with Crippen LogP contribution in [0.5, 0.6) is 0 Å². The SMILES string of the molecule is CCC(CN)C(=O)c1c(F)cccc1F. The van der Waals surface area contributed by atoms with Gasteiger partial charge in [-0.2, -0.15) is 0 Å². The third-order valence-electron chi connectivity index (χ3n) is 2.36. The smallest absolute Gasteiger partial charge is 0.173 e. The van der Waals surface area contributed by atoms with E-state index in [0.29, 0.717) is 6.42 Å².